The molecule has 0 aromatic heterocycles. The molecule has 2 unspecified atom stereocenters. The Balaban J connectivity index is 2.40. The molecule has 80 valence electrons. The molecule has 1 aliphatic rings. The minimum absolute atomic E-state index is 0.252. The maximum Gasteiger partial charge on any atom is 0.0652 e. The molecule has 1 saturated carbocycles. The van der Waals surface area contributed by atoms with E-state index in [4.69, 9.17) is 5.26 Å². The number of hydrogen-bond acceptors (Lipinski definition) is 1. The number of nitrogens with zero attached hydrogens (tertiary/aromatic N) is 1. The highest BCUT2D eigenvalue weighted by atomic mass is 14.3. The quantitative estimate of drug-likeness (QED) is 0.658. The van der Waals surface area contributed by atoms with E-state index in [1.165, 1.54) is 38.5 Å². The molecule has 1 fully saturated rings. The van der Waals surface area contributed by atoms with Gasteiger partial charge in [-0.25, -0.2) is 0 Å². The van der Waals surface area contributed by atoms with Crippen LogP contribution in [0.15, 0.2) is 0 Å². The topological polar surface area (TPSA) is 23.8 Å². The van der Waals surface area contributed by atoms with Crippen LogP contribution in [0.2, 0.25) is 0 Å². The van der Waals surface area contributed by atoms with Gasteiger partial charge < -0.3 is 0 Å². The third-order valence-electron chi connectivity index (χ3n) is 3.72. The Labute approximate surface area is 88.5 Å². The normalized spacial score (nSPS) is 22.6. The van der Waals surface area contributed by atoms with Crippen LogP contribution in [-0.4, -0.2) is 0 Å². The molecule has 0 aromatic carbocycles. The van der Waals surface area contributed by atoms with Crippen molar-refractivity contribution in [1.82, 2.24) is 0 Å². The minimum Gasteiger partial charge on any atom is -0.198 e. The summed E-state index contributed by atoms with van der Waals surface area (Å²) in [6, 6.07) is 2.37. The van der Waals surface area contributed by atoms with Crippen molar-refractivity contribution in [2.24, 2.45) is 17.8 Å². The van der Waals surface area contributed by atoms with Gasteiger partial charge in [-0.2, -0.15) is 5.26 Å². The van der Waals surface area contributed by atoms with Gasteiger partial charge in [0.25, 0.3) is 0 Å². The summed E-state index contributed by atoms with van der Waals surface area (Å²) in [7, 11) is 0. The second-order valence-corrected chi connectivity index (χ2v) is 4.83. The largest absolute Gasteiger partial charge is 0.198 e. The first-order chi connectivity index (χ1) is 6.77. The second kappa shape index (κ2) is 6.06. The summed E-state index contributed by atoms with van der Waals surface area (Å²) in [5.41, 5.74) is 0. The van der Waals surface area contributed by atoms with Gasteiger partial charge in [-0.15, -0.1) is 0 Å². The zero-order valence-electron chi connectivity index (χ0n) is 9.63. The smallest absolute Gasteiger partial charge is 0.0652 e. The van der Waals surface area contributed by atoms with E-state index in [2.05, 4.69) is 19.9 Å². The first-order valence-corrected chi connectivity index (χ1v) is 6.17. The lowest BCUT2D eigenvalue weighted by Gasteiger charge is -2.30. The van der Waals surface area contributed by atoms with Crippen molar-refractivity contribution in [3.8, 4) is 6.07 Å². The molecule has 0 N–H and O–H groups in total. The predicted molar refractivity (Wildman–Crippen MR) is 59.8 cm³/mol. The zero-order chi connectivity index (χ0) is 10.4. The lowest BCUT2D eigenvalue weighted by Crippen LogP contribution is -2.19. The van der Waals surface area contributed by atoms with Gasteiger partial charge in [0.2, 0.25) is 0 Å². The SMILES string of the molecule is CCC(CC(C)C#N)C1CCCCC1. The van der Waals surface area contributed by atoms with Crippen LogP contribution in [0, 0.1) is 29.1 Å². The Morgan fingerprint density at radius 1 is 1.29 bits per heavy atom. The first-order valence-electron chi connectivity index (χ1n) is 6.17. The van der Waals surface area contributed by atoms with Crippen LogP contribution in [0.5, 0.6) is 0 Å². The molecule has 0 bridgehead atoms. The Morgan fingerprint density at radius 2 is 1.93 bits per heavy atom. The van der Waals surface area contributed by atoms with Gasteiger partial charge in [-0.3, -0.25) is 0 Å². The molecule has 14 heavy (non-hydrogen) atoms. The van der Waals surface area contributed by atoms with Gasteiger partial charge in [-0.05, 0) is 25.2 Å². The summed E-state index contributed by atoms with van der Waals surface area (Å²) >= 11 is 0. The second-order valence-electron chi connectivity index (χ2n) is 4.83. The van der Waals surface area contributed by atoms with Gasteiger partial charge >= 0.3 is 0 Å². The Bertz CT molecular complexity index is 186. The van der Waals surface area contributed by atoms with E-state index in [-0.39, 0.29) is 5.92 Å². The van der Waals surface area contributed by atoms with Crippen LogP contribution in [0.3, 0.4) is 0 Å². The van der Waals surface area contributed by atoms with Gasteiger partial charge in [0.1, 0.15) is 0 Å². The van der Waals surface area contributed by atoms with Crippen LogP contribution in [0.1, 0.15) is 58.8 Å². The van der Waals surface area contributed by atoms with E-state index in [0.717, 1.165) is 18.3 Å². The number of hydrogen-bond donors (Lipinski definition) is 0. The summed E-state index contributed by atoms with van der Waals surface area (Å²) in [6.45, 7) is 4.34. The van der Waals surface area contributed by atoms with Crippen LogP contribution >= 0.6 is 0 Å². The molecular weight excluding hydrogens is 170 g/mol. The summed E-state index contributed by atoms with van der Waals surface area (Å²) in [4.78, 5) is 0. The molecular formula is C13H23N. The number of rotatable bonds is 4. The standard InChI is InChI=1S/C13H23N/c1-3-12(9-11(2)10-14)13-7-5-4-6-8-13/h11-13H,3-9H2,1-2H3. The monoisotopic (exact) mass is 193 g/mol. The Morgan fingerprint density at radius 3 is 2.43 bits per heavy atom. The fourth-order valence-corrected chi connectivity index (χ4v) is 2.80. The Kier molecular flexibility index (Phi) is 5.01. The molecule has 2 atom stereocenters. The van der Waals surface area contributed by atoms with Crippen molar-refractivity contribution in [2.45, 2.75) is 58.8 Å². The van der Waals surface area contributed by atoms with Crippen molar-refractivity contribution in [1.29, 1.82) is 5.26 Å². The van der Waals surface area contributed by atoms with Crippen LogP contribution in [0.25, 0.3) is 0 Å². The lowest BCUT2D eigenvalue weighted by molar-refractivity contribution is 0.218. The van der Waals surface area contributed by atoms with E-state index in [0.29, 0.717) is 0 Å². The minimum atomic E-state index is 0.252. The predicted octanol–water partition coefficient (Wildman–Crippen LogP) is 4.14. The van der Waals surface area contributed by atoms with Gasteiger partial charge in [-0.1, -0.05) is 45.4 Å². The third kappa shape index (κ3) is 3.33. The summed E-state index contributed by atoms with van der Waals surface area (Å²) in [6.07, 6.45) is 9.48. The van der Waals surface area contributed by atoms with Crippen LogP contribution in [0.4, 0.5) is 0 Å². The number of nitriles is 1. The fraction of sp³-hybridized carbons (Fsp3) is 0.923. The third-order valence-corrected chi connectivity index (χ3v) is 3.72. The molecule has 1 heteroatoms. The molecule has 1 aliphatic carbocycles. The molecule has 0 spiro atoms. The van der Waals surface area contributed by atoms with Crippen LogP contribution < -0.4 is 0 Å². The molecule has 0 saturated heterocycles. The van der Waals surface area contributed by atoms with E-state index < -0.39 is 0 Å². The van der Waals surface area contributed by atoms with E-state index in [1.54, 1.807) is 0 Å². The molecule has 0 radical (unpaired) electrons. The van der Waals surface area contributed by atoms with E-state index >= 15 is 0 Å². The summed E-state index contributed by atoms with van der Waals surface area (Å²) < 4.78 is 0. The lowest BCUT2D eigenvalue weighted by atomic mass is 9.75. The van der Waals surface area contributed by atoms with E-state index in [9.17, 15) is 0 Å². The molecule has 0 amide bonds. The summed E-state index contributed by atoms with van der Waals surface area (Å²) in [5.74, 6) is 1.98. The highest BCUT2D eigenvalue weighted by Crippen LogP contribution is 2.34. The molecule has 0 heterocycles. The van der Waals surface area contributed by atoms with Crippen LogP contribution in [-0.2, 0) is 0 Å². The van der Waals surface area contributed by atoms with Gasteiger partial charge in [0.05, 0.1) is 6.07 Å². The van der Waals surface area contributed by atoms with Crippen molar-refractivity contribution < 1.29 is 0 Å². The fourth-order valence-electron chi connectivity index (χ4n) is 2.80. The van der Waals surface area contributed by atoms with Gasteiger partial charge in [0, 0.05) is 5.92 Å². The maximum atomic E-state index is 8.83. The molecule has 1 rings (SSSR count). The van der Waals surface area contributed by atoms with Crippen molar-refractivity contribution in [3.63, 3.8) is 0 Å². The van der Waals surface area contributed by atoms with E-state index in [1.807, 2.05) is 0 Å². The first kappa shape index (κ1) is 11.6. The van der Waals surface area contributed by atoms with Crippen molar-refractivity contribution in [3.05, 3.63) is 0 Å². The highest BCUT2D eigenvalue weighted by Gasteiger charge is 2.23. The molecule has 1 nitrogen and oxygen atoms in total. The average molecular weight is 193 g/mol. The summed E-state index contributed by atoms with van der Waals surface area (Å²) in [5, 5.41) is 8.83. The van der Waals surface area contributed by atoms with Crippen molar-refractivity contribution in [2.75, 3.05) is 0 Å². The van der Waals surface area contributed by atoms with Gasteiger partial charge in [0.15, 0.2) is 0 Å². The van der Waals surface area contributed by atoms with Crippen molar-refractivity contribution >= 4 is 0 Å². The molecule has 0 aromatic rings. The average Bonchev–Trinajstić information content (AvgIpc) is 2.26. The molecule has 0 aliphatic heterocycles. The Hall–Kier alpha value is -0.510. The highest BCUT2D eigenvalue weighted by molar-refractivity contribution is 4.83. The zero-order valence-corrected chi connectivity index (χ0v) is 9.63. The maximum absolute atomic E-state index is 8.83.